The van der Waals surface area contributed by atoms with Gasteiger partial charge in [0.2, 0.25) is 0 Å². The number of nitrogens with zero attached hydrogens (tertiary/aromatic N) is 4. The zero-order valence-electron chi connectivity index (χ0n) is 12.7. The molecule has 1 N–H and O–H groups in total. The Morgan fingerprint density at radius 3 is 2.58 bits per heavy atom. The van der Waals surface area contributed by atoms with Crippen LogP contribution in [0.5, 0.6) is 0 Å². The fourth-order valence-electron chi connectivity index (χ4n) is 2.60. The lowest BCUT2D eigenvalue weighted by Gasteiger charge is -2.35. The zero-order chi connectivity index (χ0) is 17.1. The molecule has 1 amide bonds. The molecule has 1 saturated heterocycles. The molecule has 24 heavy (non-hydrogen) atoms. The summed E-state index contributed by atoms with van der Waals surface area (Å²) < 4.78 is 0.435. The molecule has 2 aromatic rings. The van der Waals surface area contributed by atoms with E-state index < -0.39 is 4.92 Å². The Bertz CT molecular complexity index is 812. The molecule has 2 aromatic heterocycles. The van der Waals surface area contributed by atoms with Crippen LogP contribution in [0, 0.1) is 14.8 Å². The van der Waals surface area contributed by atoms with Crippen molar-refractivity contribution >= 4 is 29.6 Å². The lowest BCUT2D eigenvalue weighted by atomic mass is 10.2. The van der Waals surface area contributed by atoms with E-state index in [-0.39, 0.29) is 11.7 Å². The van der Waals surface area contributed by atoms with E-state index in [0.29, 0.717) is 36.4 Å². The maximum atomic E-state index is 12.5. The van der Waals surface area contributed by atoms with Crippen LogP contribution < -0.4 is 4.90 Å². The van der Waals surface area contributed by atoms with E-state index in [4.69, 9.17) is 12.2 Å². The van der Waals surface area contributed by atoms with Crippen molar-refractivity contribution in [3.63, 3.8) is 0 Å². The molecule has 3 rings (SSSR count). The summed E-state index contributed by atoms with van der Waals surface area (Å²) in [4.78, 5) is 33.1. The number of pyridine rings is 2. The van der Waals surface area contributed by atoms with Gasteiger partial charge in [-0.1, -0.05) is 12.2 Å². The molecule has 8 nitrogen and oxygen atoms in total. The number of carbonyl (C=O) groups excluding carboxylic acids is 1. The number of hydrogen-bond acceptors (Lipinski definition) is 6. The molecular formula is C15H15N5O3S. The van der Waals surface area contributed by atoms with E-state index in [1.165, 1.54) is 12.3 Å². The third kappa shape index (κ3) is 3.25. The van der Waals surface area contributed by atoms with E-state index in [1.54, 1.807) is 29.3 Å². The summed E-state index contributed by atoms with van der Waals surface area (Å²) >= 11 is 5.15. The van der Waals surface area contributed by atoms with Gasteiger partial charge in [-0.2, -0.15) is 0 Å². The number of aromatic amines is 1. The van der Waals surface area contributed by atoms with Crippen LogP contribution >= 0.6 is 12.2 Å². The van der Waals surface area contributed by atoms with Crippen LogP contribution in [0.4, 0.5) is 11.5 Å². The lowest BCUT2D eigenvalue weighted by Crippen LogP contribution is -2.48. The van der Waals surface area contributed by atoms with Crippen LogP contribution in [0.25, 0.3) is 0 Å². The smallest absolute Gasteiger partial charge is 0.363 e. The highest BCUT2D eigenvalue weighted by atomic mass is 32.1. The van der Waals surface area contributed by atoms with Crippen molar-refractivity contribution in [2.24, 2.45) is 0 Å². The Hall–Kier alpha value is -2.81. The van der Waals surface area contributed by atoms with Gasteiger partial charge in [0.25, 0.3) is 5.91 Å². The van der Waals surface area contributed by atoms with E-state index in [0.717, 1.165) is 5.69 Å². The molecule has 9 heteroatoms. The molecule has 1 fully saturated rings. The van der Waals surface area contributed by atoms with Crippen LogP contribution in [-0.2, 0) is 0 Å². The fourth-order valence-corrected chi connectivity index (χ4v) is 2.82. The molecule has 3 heterocycles. The Labute approximate surface area is 142 Å². The third-order valence-electron chi connectivity index (χ3n) is 3.90. The summed E-state index contributed by atoms with van der Waals surface area (Å²) in [5.74, 6) is -0.260. The van der Waals surface area contributed by atoms with Crippen molar-refractivity contribution in [3.8, 4) is 0 Å². The molecule has 0 aliphatic carbocycles. The average Bonchev–Trinajstić information content (AvgIpc) is 2.62. The van der Waals surface area contributed by atoms with Crippen LogP contribution in [0.2, 0.25) is 0 Å². The van der Waals surface area contributed by atoms with Crippen molar-refractivity contribution in [2.75, 3.05) is 31.1 Å². The normalized spacial score (nSPS) is 14.5. The molecule has 0 spiro atoms. The Morgan fingerprint density at radius 1 is 1.25 bits per heavy atom. The average molecular weight is 345 g/mol. The topological polar surface area (TPSA) is 95.4 Å². The van der Waals surface area contributed by atoms with Crippen LogP contribution in [0.3, 0.4) is 0 Å². The number of hydrogen-bond donors (Lipinski definition) is 1. The molecule has 0 radical (unpaired) electrons. The Kier molecular flexibility index (Phi) is 4.52. The number of H-pyrrole nitrogens is 1. The molecule has 0 unspecified atom stereocenters. The van der Waals surface area contributed by atoms with E-state index >= 15 is 0 Å². The summed E-state index contributed by atoms with van der Waals surface area (Å²) in [6.07, 6.45) is 3.18. The lowest BCUT2D eigenvalue weighted by molar-refractivity contribution is -0.389. The number of anilines is 1. The number of nitrogens with one attached hydrogen (secondary N) is 1. The van der Waals surface area contributed by atoms with Gasteiger partial charge in [-0.3, -0.25) is 4.79 Å². The summed E-state index contributed by atoms with van der Waals surface area (Å²) in [5.41, 5.74) is 1.31. The summed E-state index contributed by atoms with van der Waals surface area (Å²) in [7, 11) is 0. The standard InChI is InChI=1S/C15H15N5O3S/c21-15(12-2-1-5-16-14(12)24)19-8-6-18(7-9-19)11-3-4-13(17-10-11)20(22)23/h1-5,10H,6-9H2,(H,16,24). The van der Waals surface area contributed by atoms with Crippen molar-refractivity contribution < 1.29 is 9.72 Å². The highest BCUT2D eigenvalue weighted by molar-refractivity contribution is 7.71. The summed E-state index contributed by atoms with van der Waals surface area (Å²) in [5, 5.41) is 10.6. The number of carbonyl (C=O) groups is 1. The van der Waals surface area contributed by atoms with Gasteiger partial charge in [0.15, 0.2) is 6.20 Å². The number of nitro groups is 1. The summed E-state index contributed by atoms with van der Waals surface area (Å²) in [6.45, 7) is 2.38. The first-order valence-electron chi connectivity index (χ1n) is 7.38. The maximum Gasteiger partial charge on any atom is 0.363 e. The molecule has 1 aliphatic rings. The second-order valence-corrected chi connectivity index (χ2v) is 5.73. The maximum absolute atomic E-state index is 12.5. The van der Waals surface area contributed by atoms with E-state index in [1.807, 2.05) is 4.90 Å². The quantitative estimate of drug-likeness (QED) is 0.519. The number of rotatable bonds is 3. The van der Waals surface area contributed by atoms with Crippen molar-refractivity contribution in [1.82, 2.24) is 14.9 Å². The zero-order valence-corrected chi connectivity index (χ0v) is 13.5. The molecule has 0 bridgehead atoms. The predicted molar refractivity (Wildman–Crippen MR) is 90.6 cm³/mol. The van der Waals surface area contributed by atoms with Crippen molar-refractivity contribution in [3.05, 3.63) is 57.0 Å². The molecule has 0 aromatic carbocycles. The van der Waals surface area contributed by atoms with Gasteiger partial charge < -0.3 is 24.9 Å². The SMILES string of the molecule is O=C(c1ccc[nH]c1=S)N1CCN(c2ccc([N+](=O)[O-])nc2)CC1. The molecule has 0 atom stereocenters. The molecule has 0 saturated carbocycles. The van der Waals surface area contributed by atoms with Crippen molar-refractivity contribution in [1.29, 1.82) is 0 Å². The number of aromatic nitrogens is 2. The highest BCUT2D eigenvalue weighted by Crippen LogP contribution is 2.19. The first kappa shape index (κ1) is 16.1. The number of piperazine rings is 1. The monoisotopic (exact) mass is 345 g/mol. The third-order valence-corrected chi connectivity index (χ3v) is 4.24. The van der Waals surface area contributed by atoms with Crippen molar-refractivity contribution in [2.45, 2.75) is 0 Å². The van der Waals surface area contributed by atoms with E-state index in [9.17, 15) is 14.9 Å². The van der Waals surface area contributed by atoms with Gasteiger partial charge in [-0.25, -0.2) is 0 Å². The molecular weight excluding hydrogens is 330 g/mol. The molecule has 1 aliphatic heterocycles. The van der Waals surface area contributed by atoms with Gasteiger partial charge in [0.1, 0.15) is 4.64 Å². The first-order chi connectivity index (χ1) is 11.6. The first-order valence-corrected chi connectivity index (χ1v) is 7.79. The summed E-state index contributed by atoms with van der Waals surface area (Å²) in [6, 6.07) is 6.53. The Balaban J connectivity index is 1.65. The minimum atomic E-state index is -0.524. The second-order valence-electron chi connectivity index (χ2n) is 5.32. The van der Waals surface area contributed by atoms with Crippen LogP contribution in [-0.4, -0.2) is 51.9 Å². The van der Waals surface area contributed by atoms with E-state index in [2.05, 4.69) is 9.97 Å². The fraction of sp³-hybridized carbons (Fsp3) is 0.267. The molecule has 124 valence electrons. The minimum Gasteiger partial charge on any atom is -0.365 e. The van der Waals surface area contributed by atoms with Crippen LogP contribution in [0.15, 0.2) is 36.7 Å². The predicted octanol–water partition coefficient (Wildman–Crippen LogP) is 2.01. The van der Waals surface area contributed by atoms with Gasteiger partial charge in [-0.05, 0) is 28.1 Å². The second kappa shape index (κ2) is 6.75. The van der Waals surface area contributed by atoms with Gasteiger partial charge in [0.05, 0.1) is 11.3 Å². The van der Waals surface area contributed by atoms with Gasteiger partial charge in [0, 0.05) is 38.4 Å². The largest absolute Gasteiger partial charge is 0.365 e. The van der Waals surface area contributed by atoms with Gasteiger partial charge >= 0.3 is 5.82 Å². The minimum absolute atomic E-state index is 0.0849. The van der Waals surface area contributed by atoms with Crippen LogP contribution in [0.1, 0.15) is 10.4 Å². The Morgan fingerprint density at radius 2 is 2.00 bits per heavy atom. The number of amides is 1. The highest BCUT2D eigenvalue weighted by Gasteiger charge is 2.24. The van der Waals surface area contributed by atoms with Gasteiger partial charge in [-0.15, -0.1) is 0 Å².